The second-order valence-electron chi connectivity index (χ2n) is 4.53. The molecule has 0 amide bonds. The summed E-state index contributed by atoms with van der Waals surface area (Å²) in [6.45, 7) is 1.07. The molecule has 0 spiro atoms. The van der Waals surface area contributed by atoms with E-state index in [1.54, 1.807) is 0 Å². The molecule has 0 saturated carbocycles. The molecule has 0 aromatic carbocycles. The zero-order chi connectivity index (χ0) is 12.1. The first kappa shape index (κ1) is 19.1. The first-order valence-electron chi connectivity index (χ1n) is 6.78. The number of unbranched alkanes of at least 4 members (excludes halogenated alkanes) is 9. The van der Waals surface area contributed by atoms with E-state index in [1.807, 2.05) is 0 Å². The van der Waals surface area contributed by atoms with Gasteiger partial charge in [-0.3, -0.25) is 4.79 Å². The highest BCUT2D eigenvalue weighted by molar-refractivity contribution is 5.66. The largest absolute Gasteiger partial charge is 1.00 e. The highest BCUT2D eigenvalue weighted by atomic mass is 35.5. The quantitative estimate of drug-likeness (QED) is 0.472. The number of halogens is 1. The number of hydrogen-bond acceptors (Lipinski definition) is 1. The van der Waals surface area contributed by atoms with Crippen LogP contribution in [-0.2, 0) is 4.79 Å². The Bertz CT molecular complexity index is 165. The first-order chi connectivity index (χ1) is 7.77. The van der Waals surface area contributed by atoms with E-state index in [0.29, 0.717) is 6.42 Å². The molecule has 0 aromatic rings. The van der Waals surface area contributed by atoms with Crippen LogP contribution in [0, 0.1) is 0 Å². The summed E-state index contributed by atoms with van der Waals surface area (Å²) < 4.78 is 0. The third-order valence-electron chi connectivity index (χ3n) is 2.89. The van der Waals surface area contributed by atoms with Gasteiger partial charge in [0.25, 0.3) is 0 Å². The van der Waals surface area contributed by atoms with Gasteiger partial charge in [0.1, 0.15) is 0 Å². The number of rotatable bonds is 12. The third kappa shape index (κ3) is 18.3. The van der Waals surface area contributed by atoms with Gasteiger partial charge < -0.3 is 23.2 Å². The molecule has 104 valence electrons. The van der Waals surface area contributed by atoms with Gasteiger partial charge in [-0.25, -0.2) is 0 Å². The van der Waals surface area contributed by atoms with Crippen LogP contribution < -0.4 is 18.1 Å². The van der Waals surface area contributed by atoms with Crippen LogP contribution in [-0.4, -0.2) is 17.6 Å². The molecule has 0 aliphatic carbocycles. The summed E-state index contributed by atoms with van der Waals surface area (Å²) in [5.41, 5.74) is 3.83. The Morgan fingerprint density at radius 1 is 0.765 bits per heavy atom. The molecule has 4 N–H and O–H groups in total. The molecule has 0 unspecified atom stereocenters. The number of hydrogen-bond donors (Lipinski definition) is 2. The molecular weight excluding hydrogens is 238 g/mol. The Balaban J connectivity index is 0. The fourth-order valence-electron chi connectivity index (χ4n) is 1.87. The van der Waals surface area contributed by atoms with E-state index in [4.69, 9.17) is 5.11 Å². The zero-order valence-corrected chi connectivity index (χ0v) is 11.7. The maximum absolute atomic E-state index is 10.3. The van der Waals surface area contributed by atoms with E-state index in [9.17, 15) is 4.79 Å². The van der Waals surface area contributed by atoms with Gasteiger partial charge in [0, 0.05) is 6.42 Å². The van der Waals surface area contributed by atoms with Gasteiger partial charge in [-0.15, -0.1) is 0 Å². The zero-order valence-electron chi connectivity index (χ0n) is 10.9. The summed E-state index contributed by atoms with van der Waals surface area (Å²) in [5, 5.41) is 8.45. The summed E-state index contributed by atoms with van der Waals surface area (Å²) >= 11 is 0. The van der Waals surface area contributed by atoms with Crippen molar-refractivity contribution in [2.24, 2.45) is 0 Å². The molecule has 0 aromatic heterocycles. The molecule has 0 radical (unpaired) electrons. The predicted molar refractivity (Wildman–Crippen MR) is 66.2 cm³/mol. The second kappa shape index (κ2) is 15.7. The van der Waals surface area contributed by atoms with Crippen molar-refractivity contribution in [3.63, 3.8) is 0 Å². The van der Waals surface area contributed by atoms with Gasteiger partial charge in [-0.2, -0.15) is 0 Å². The van der Waals surface area contributed by atoms with Crippen molar-refractivity contribution in [1.29, 1.82) is 0 Å². The highest BCUT2D eigenvalue weighted by Gasteiger charge is 1.96. The van der Waals surface area contributed by atoms with E-state index in [0.717, 1.165) is 19.4 Å². The summed E-state index contributed by atoms with van der Waals surface area (Å²) in [7, 11) is 0. The van der Waals surface area contributed by atoms with Gasteiger partial charge in [-0.1, -0.05) is 44.9 Å². The lowest BCUT2D eigenvalue weighted by Gasteiger charge is -2.01. The van der Waals surface area contributed by atoms with Crippen molar-refractivity contribution >= 4 is 5.97 Å². The standard InChI is InChI=1S/C13H27NO2.ClH/c14-12-10-8-6-4-2-1-3-5-7-9-11-13(15)16;/h1-12,14H2,(H,15,16);1H. The van der Waals surface area contributed by atoms with E-state index in [2.05, 4.69) is 5.73 Å². The molecule has 0 heterocycles. The maximum Gasteiger partial charge on any atom is 0.303 e. The number of carbonyl (C=O) groups is 1. The van der Waals surface area contributed by atoms with Crippen LogP contribution in [0.2, 0.25) is 0 Å². The molecule has 0 saturated heterocycles. The third-order valence-corrected chi connectivity index (χ3v) is 2.89. The van der Waals surface area contributed by atoms with Crippen LogP contribution in [0.5, 0.6) is 0 Å². The Hall–Kier alpha value is -0.280. The van der Waals surface area contributed by atoms with Gasteiger partial charge in [-0.05, 0) is 19.3 Å². The summed E-state index contributed by atoms with van der Waals surface area (Å²) in [4.78, 5) is 10.3. The molecular formula is C13H28ClNO2. The molecule has 3 nitrogen and oxygen atoms in total. The minimum atomic E-state index is -0.662. The topological polar surface area (TPSA) is 64.9 Å². The number of aliphatic carboxylic acids is 1. The second-order valence-corrected chi connectivity index (χ2v) is 4.53. The Morgan fingerprint density at radius 3 is 1.47 bits per heavy atom. The fraction of sp³-hybridized carbons (Fsp3) is 0.923. The summed E-state index contributed by atoms with van der Waals surface area (Å²) in [6, 6.07) is 0. The van der Waals surface area contributed by atoms with Crippen LogP contribution in [0.4, 0.5) is 0 Å². The van der Waals surface area contributed by atoms with Crippen molar-refractivity contribution in [1.82, 2.24) is 0 Å². The van der Waals surface area contributed by atoms with Crippen molar-refractivity contribution in [2.45, 2.75) is 70.6 Å². The van der Waals surface area contributed by atoms with Crippen LogP contribution in [0.15, 0.2) is 0 Å². The predicted octanol–water partition coefficient (Wildman–Crippen LogP) is -0.392. The summed E-state index contributed by atoms with van der Waals surface area (Å²) in [6.07, 6.45) is 12.7. The van der Waals surface area contributed by atoms with Crippen molar-refractivity contribution in [3.8, 4) is 0 Å². The van der Waals surface area contributed by atoms with E-state index < -0.39 is 5.97 Å². The lowest BCUT2D eigenvalue weighted by Crippen LogP contribution is -3.00. The molecule has 0 bridgehead atoms. The Morgan fingerprint density at radius 2 is 1.12 bits per heavy atom. The lowest BCUT2D eigenvalue weighted by atomic mass is 10.1. The molecule has 0 aliphatic heterocycles. The van der Waals surface area contributed by atoms with E-state index >= 15 is 0 Å². The lowest BCUT2D eigenvalue weighted by molar-refractivity contribution is -0.368. The normalized spacial score (nSPS) is 9.94. The molecule has 4 heteroatoms. The number of carboxylic acid groups (broad SMARTS) is 1. The first-order valence-corrected chi connectivity index (χ1v) is 6.78. The average Bonchev–Trinajstić information content (AvgIpc) is 2.25. The van der Waals surface area contributed by atoms with Gasteiger partial charge in [0.15, 0.2) is 0 Å². The maximum atomic E-state index is 10.3. The summed E-state index contributed by atoms with van der Waals surface area (Å²) in [5.74, 6) is -0.662. The molecule has 0 fully saturated rings. The van der Waals surface area contributed by atoms with E-state index in [1.165, 1.54) is 51.4 Å². The van der Waals surface area contributed by atoms with Gasteiger partial charge in [0.05, 0.1) is 6.54 Å². The minimum absolute atomic E-state index is 0. The SMILES string of the molecule is [Cl-].[NH3+]CCCCCCCCCCCCC(=O)O. The average molecular weight is 266 g/mol. The number of quaternary nitrogens is 1. The smallest absolute Gasteiger partial charge is 0.303 e. The molecule has 0 atom stereocenters. The van der Waals surface area contributed by atoms with Crippen LogP contribution >= 0.6 is 0 Å². The van der Waals surface area contributed by atoms with Crippen molar-refractivity contribution in [2.75, 3.05) is 6.54 Å². The van der Waals surface area contributed by atoms with Gasteiger partial charge in [0.2, 0.25) is 0 Å². The molecule has 0 aliphatic rings. The Labute approximate surface area is 112 Å². The Kier molecular flexibility index (Phi) is 17.6. The number of carboxylic acids is 1. The monoisotopic (exact) mass is 265 g/mol. The van der Waals surface area contributed by atoms with Crippen molar-refractivity contribution < 1.29 is 28.0 Å². The highest BCUT2D eigenvalue weighted by Crippen LogP contribution is 2.10. The molecule has 0 rings (SSSR count). The van der Waals surface area contributed by atoms with Crippen molar-refractivity contribution in [3.05, 3.63) is 0 Å². The molecule has 17 heavy (non-hydrogen) atoms. The van der Waals surface area contributed by atoms with Crippen LogP contribution in [0.25, 0.3) is 0 Å². The van der Waals surface area contributed by atoms with Gasteiger partial charge >= 0.3 is 5.97 Å². The fourth-order valence-corrected chi connectivity index (χ4v) is 1.87. The minimum Gasteiger partial charge on any atom is -1.00 e. The van der Waals surface area contributed by atoms with Crippen LogP contribution in [0.1, 0.15) is 70.6 Å². The van der Waals surface area contributed by atoms with E-state index in [-0.39, 0.29) is 12.4 Å². The van der Waals surface area contributed by atoms with Crippen LogP contribution in [0.3, 0.4) is 0 Å².